The maximum Gasteiger partial charge on any atom is 0.174 e. The van der Waals surface area contributed by atoms with E-state index in [1.54, 1.807) is 13.2 Å². The fourth-order valence-electron chi connectivity index (χ4n) is 1.16. The van der Waals surface area contributed by atoms with E-state index in [9.17, 15) is 0 Å². The number of fused-ring (bicyclic) bond motifs is 1. The molecule has 2 nitrogen and oxygen atoms in total. The van der Waals surface area contributed by atoms with Gasteiger partial charge < -0.3 is 10.5 Å². The quantitative estimate of drug-likeness (QED) is 0.739. The monoisotopic (exact) mass is 213 g/mol. The Balaban J connectivity index is 2.76. The molecule has 0 spiro atoms. The zero-order valence-electron chi connectivity index (χ0n) is 7.00. The van der Waals surface area contributed by atoms with Gasteiger partial charge in [-0.05, 0) is 17.5 Å². The molecule has 1 aromatic carbocycles. The van der Waals surface area contributed by atoms with Gasteiger partial charge in [0.05, 0.1) is 22.5 Å². The smallest absolute Gasteiger partial charge is 0.174 e. The minimum atomic E-state index is 0.610. The van der Waals surface area contributed by atoms with Crippen LogP contribution in [0, 0.1) is 0 Å². The van der Waals surface area contributed by atoms with Crippen molar-refractivity contribution in [3.63, 3.8) is 0 Å². The first-order valence-electron chi connectivity index (χ1n) is 3.74. The van der Waals surface area contributed by atoms with E-state index in [1.165, 1.54) is 11.3 Å². The summed E-state index contributed by atoms with van der Waals surface area (Å²) in [5, 5.41) is 2.54. The largest absolute Gasteiger partial charge is 0.487 e. The second-order valence-electron chi connectivity index (χ2n) is 2.66. The minimum Gasteiger partial charge on any atom is -0.487 e. The van der Waals surface area contributed by atoms with Crippen molar-refractivity contribution in [3.05, 3.63) is 23.2 Å². The van der Waals surface area contributed by atoms with Crippen LogP contribution in [0.3, 0.4) is 0 Å². The molecule has 0 saturated carbocycles. The third-order valence-electron chi connectivity index (χ3n) is 1.83. The van der Waals surface area contributed by atoms with Crippen molar-refractivity contribution < 1.29 is 4.74 Å². The SMILES string of the molecule is COc1cc2ccc(N)c(Cl)c2s1. The summed E-state index contributed by atoms with van der Waals surface area (Å²) in [6, 6.07) is 5.69. The maximum absolute atomic E-state index is 6.03. The Morgan fingerprint density at radius 3 is 2.92 bits per heavy atom. The van der Waals surface area contributed by atoms with Crippen LogP contribution in [0.4, 0.5) is 5.69 Å². The van der Waals surface area contributed by atoms with Crippen LogP contribution in [0.15, 0.2) is 18.2 Å². The summed E-state index contributed by atoms with van der Waals surface area (Å²) in [5.74, 6) is 0. The van der Waals surface area contributed by atoms with E-state index in [-0.39, 0.29) is 0 Å². The summed E-state index contributed by atoms with van der Waals surface area (Å²) in [6.45, 7) is 0. The molecule has 2 rings (SSSR count). The first-order chi connectivity index (χ1) is 6.22. The minimum absolute atomic E-state index is 0.610. The highest BCUT2D eigenvalue weighted by atomic mass is 35.5. The highest BCUT2D eigenvalue weighted by Crippen LogP contribution is 2.38. The van der Waals surface area contributed by atoms with Gasteiger partial charge in [0.15, 0.2) is 5.06 Å². The van der Waals surface area contributed by atoms with Crippen molar-refractivity contribution in [2.75, 3.05) is 12.8 Å². The number of anilines is 1. The molecule has 0 fully saturated rings. The zero-order chi connectivity index (χ0) is 9.42. The molecule has 0 bridgehead atoms. The molecule has 2 N–H and O–H groups in total. The second-order valence-corrected chi connectivity index (χ2v) is 4.05. The average Bonchev–Trinajstić information content (AvgIpc) is 2.55. The van der Waals surface area contributed by atoms with Gasteiger partial charge in [-0.2, -0.15) is 0 Å². The van der Waals surface area contributed by atoms with Crippen molar-refractivity contribution in [1.82, 2.24) is 0 Å². The van der Waals surface area contributed by atoms with E-state index < -0.39 is 0 Å². The van der Waals surface area contributed by atoms with Gasteiger partial charge in [-0.25, -0.2) is 0 Å². The number of nitrogen functional groups attached to an aromatic ring is 1. The number of benzene rings is 1. The van der Waals surface area contributed by atoms with Gasteiger partial charge in [0, 0.05) is 0 Å². The molecule has 0 radical (unpaired) electrons. The molecule has 1 heterocycles. The molecule has 0 amide bonds. The highest BCUT2D eigenvalue weighted by Gasteiger charge is 2.07. The average molecular weight is 214 g/mol. The van der Waals surface area contributed by atoms with Gasteiger partial charge in [-0.1, -0.05) is 29.0 Å². The Hall–Kier alpha value is -0.930. The van der Waals surface area contributed by atoms with Crippen molar-refractivity contribution >= 4 is 38.7 Å². The van der Waals surface area contributed by atoms with Crippen LogP contribution in [0.25, 0.3) is 10.1 Å². The standard InChI is InChI=1S/C9H8ClNOS/c1-12-7-4-5-2-3-6(11)8(10)9(5)13-7/h2-4H,11H2,1H3. The van der Waals surface area contributed by atoms with Crippen molar-refractivity contribution in [1.29, 1.82) is 0 Å². The van der Waals surface area contributed by atoms with Crippen LogP contribution >= 0.6 is 22.9 Å². The van der Waals surface area contributed by atoms with Gasteiger partial charge >= 0.3 is 0 Å². The summed E-state index contributed by atoms with van der Waals surface area (Å²) in [5.41, 5.74) is 6.28. The highest BCUT2D eigenvalue weighted by molar-refractivity contribution is 7.21. The Morgan fingerprint density at radius 1 is 1.46 bits per heavy atom. The number of methoxy groups -OCH3 is 1. The van der Waals surface area contributed by atoms with Crippen molar-refractivity contribution in [2.24, 2.45) is 0 Å². The molecule has 0 aliphatic carbocycles. The summed E-state index contributed by atoms with van der Waals surface area (Å²) < 4.78 is 6.10. The van der Waals surface area contributed by atoms with Gasteiger partial charge in [0.25, 0.3) is 0 Å². The lowest BCUT2D eigenvalue weighted by Crippen LogP contribution is -1.83. The summed E-state index contributed by atoms with van der Waals surface area (Å²) in [4.78, 5) is 0. The molecule has 2 aromatic rings. The number of ether oxygens (including phenoxy) is 1. The normalized spacial score (nSPS) is 10.6. The molecule has 0 saturated heterocycles. The molecule has 1 aromatic heterocycles. The predicted molar refractivity (Wildman–Crippen MR) is 57.8 cm³/mol. The molecule has 4 heteroatoms. The first kappa shape index (κ1) is 8.66. The van der Waals surface area contributed by atoms with E-state index in [1.807, 2.05) is 12.1 Å². The Kier molecular flexibility index (Phi) is 2.06. The lowest BCUT2D eigenvalue weighted by molar-refractivity contribution is 0.427. The van der Waals surface area contributed by atoms with E-state index in [2.05, 4.69) is 0 Å². The van der Waals surface area contributed by atoms with E-state index in [0.717, 1.165) is 15.1 Å². The Bertz CT molecular complexity index is 452. The Labute approximate surface area is 84.9 Å². The molecule has 13 heavy (non-hydrogen) atoms. The maximum atomic E-state index is 6.03. The van der Waals surface area contributed by atoms with Gasteiger partial charge in [-0.15, -0.1) is 0 Å². The van der Waals surface area contributed by atoms with Crippen LogP contribution in [-0.2, 0) is 0 Å². The van der Waals surface area contributed by atoms with Crippen LogP contribution in [0.2, 0.25) is 5.02 Å². The number of rotatable bonds is 1. The lowest BCUT2D eigenvalue weighted by Gasteiger charge is -1.96. The van der Waals surface area contributed by atoms with E-state index in [0.29, 0.717) is 10.7 Å². The molecular formula is C9H8ClNOS. The van der Waals surface area contributed by atoms with Crippen LogP contribution in [0.1, 0.15) is 0 Å². The fraction of sp³-hybridized carbons (Fsp3) is 0.111. The second kappa shape index (κ2) is 3.09. The summed E-state index contributed by atoms with van der Waals surface area (Å²) in [7, 11) is 1.64. The van der Waals surface area contributed by atoms with Crippen LogP contribution in [0.5, 0.6) is 5.06 Å². The molecule has 0 unspecified atom stereocenters. The number of nitrogens with two attached hydrogens (primary N) is 1. The number of hydrogen-bond acceptors (Lipinski definition) is 3. The molecule has 0 atom stereocenters. The third kappa shape index (κ3) is 1.34. The predicted octanol–water partition coefficient (Wildman–Crippen LogP) is 3.15. The number of hydrogen-bond donors (Lipinski definition) is 1. The molecule has 68 valence electrons. The van der Waals surface area contributed by atoms with Crippen LogP contribution in [-0.4, -0.2) is 7.11 Å². The lowest BCUT2D eigenvalue weighted by atomic mass is 10.2. The number of halogens is 1. The number of thiophene rings is 1. The van der Waals surface area contributed by atoms with Gasteiger partial charge in [0.1, 0.15) is 0 Å². The van der Waals surface area contributed by atoms with Crippen LogP contribution < -0.4 is 10.5 Å². The van der Waals surface area contributed by atoms with Crippen molar-refractivity contribution in [3.8, 4) is 5.06 Å². The Morgan fingerprint density at radius 2 is 2.23 bits per heavy atom. The van der Waals surface area contributed by atoms with Gasteiger partial charge in [0.2, 0.25) is 0 Å². The molecule has 0 aliphatic heterocycles. The summed E-state index contributed by atoms with van der Waals surface area (Å²) >= 11 is 7.53. The van der Waals surface area contributed by atoms with Crippen molar-refractivity contribution in [2.45, 2.75) is 0 Å². The van der Waals surface area contributed by atoms with E-state index in [4.69, 9.17) is 22.1 Å². The fourth-order valence-corrected chi connectivity index (χ4v) is 2.37. The third-order valence-corrected chi connectivity index (χ3v) is 3.48. The zero-order valence-corrected chi connectivity index (χ0v) is 8.58. The summed E-state index contributed by atoms with van der Waals surface area (Å²) in [6.07, 6.45) is 0. The molecule has 0 aliphatic rings. The van der Waals surface area contributed by atoms with E-state index >= 15 is 0 Å². The van der Waals surface area contributed by atoms with Gasteiger partial charge in [-0.3, -0.25) is 0 Å². The first-order valence-corrected chi connectivity index (χ1v) is 4.93. The molecular weight excluding hydrogens is 206 g/mol. The topological polar surface area (TPSA) is 35.2 Å².